The number of likely N-dealkylation sites (tertiary alicyclic amines) is 2. The lowest BCUT2D eigenvalue weighted by atomic mass is 10.0. The molecule has 1 aromatic heterocycles. The standard InChI is InChI=1S/C21H26N4O/c22-20(16-5-2-1-3-6-16)8-10-24-12-18-14-25(15-19(18)13-24)21(26)17-7-4-9-23-11-17/h1-7,9,11,18-20H,8,10,12-15,22H2/t18?,19?,20-/m0/s1. The van der Waals surface area contributed by atoms with Crippen molar-refractivity contribution in [3.05, 3.63) is 66.0 Å². The number of pyridine rings is 1. The van der Waals surface area contributed by atoms with Gasteiger partial charge in [-0.15, -0.1) is 0 Å². The Morgan fingerprint density at radius 2 is 1.81 bits per heavy atom. The molecule has 2 saturated heterocycles. The summed E-state index contributed by atoms with van der Waals surface area (Å²) in [6.45, 7) is 4.89. The van der Waals surface area contributed by atoms with Crippen LogP contribution in [0.15, 0.2) is 54.9 Å². The van der Waals surface area contributed by atoms with Gasteiger partial charge in [0.2, 0.25) is 0 Å². The third-order valence-corrected chi connectivity index (χ3v) is 5.74. The largest absolute Gasteiger partial charge is 0.338 e. The SMILES string of the molecule is N[C@@H](CCN1CC2CN(C(=O)c3cccnc3)CC2C1)c1ccccc1. The van der Waals surface area contributed by atoms with E-state index in [0.29, 0.717) is 17.4 Å². The van der Waals surface area contributed by atoms with Crippen LogP contribution in [0.5, 0.6) is 0 Å². The lowest BCUT2D eigenvalue weighted by molar-refractivity contribution is 0.0773. The molecule has 0 aliphatic carbocycles. The summed E-state index contributed by atoms with van der Waals surface area (Å²) in [4.78, 5) is 21.2. The van der Waals surface area contributed by atoms with Crippen molar-refractivity contribution >= 4 is 5.91 Å². The first-order valence-electron chi connectivity index (χ1n) is 9.43. The summed E-state index contributed by atoms with van der Waals surface area (Å²) in [6.07, 6.45) is 4.34. The Balaban J connectivity index is 1.27. The molecule has 3 atom stereocenters. The molecule has 0 bridgehead atoms. The van der Waals surface area contributed by atoms with Crippen molar-refractivity contribution in [3.8, 4) is 0 Å². The molecule has 2 aliphatic heterocycles. The zero-order chi connectivity index (χ0) is 17.9. The Hall–Kier alpha value is -2.24. The molecule has 2 aromatic rings. The highest BCUT2D eigenvalue weighted by atomic mass is 16.2. The molecule has 1 amide bonds. The molecule has 1 aromatic carbocycles. The van der Waals surface area contributed by atoms with E-state index >= 15 is 0 Å². The van der Waals surface area contributed by atoms with Crippen LogP contribution in [0, 0.1) is 11.8 Å². The number of carbonyl (C=O) groups excluding carboxylic acids is 1. The number of nitrogens with two attached hydrogens (primary N) is 1. The van der Waals surface area contributed by atoms with Gasteiger partial charge in [0.25, 0.3) is 5.91 Å². The van der Waals surface area contributed by atoms with Crippen LogP contribution >= 0.6 is 0 Å². The number of aromatic nitrogens is 1. The van der Waals surface area contributed by atoms with E-state index in [1.807, 2.05) is 35.2 Å². The number of hydrogen-bond donors (Lipinski definition) is 1. The first kappa shape index (κ1) is 17.2. The molecule has 5 nitrogen and oxygen atoms in total. The Morgan fingerprint density at radius 1 is 1.08 bits per heavy atom. The summed E-state index contributed by atoms with van der Waals surface area (Å²) in [7, 11) is 0. The van der Waals surface area contributed by atoms with Crippen molar-refractivity contribution in [2.24, 2.45) is 17.6 Å². The fourth-order valence-corrected chi connectivity index (χ4v) is 4.30. The zero-order valence-corrected chi connectivity index (χ0v) is 15.0. The molecule has 2 fully saturated rings. The molecule has 136 valence electrons. The molecule has 26 heavy (non-hydrogen) atoms. The van der Waals surface area contributed by atoms with Crippen molar-refractivity contribution in [1.82, 2.24) is 14.8 Å². The van der Waals surface area contributed by atoms with Gasteiger partial charge in [-0.05, 0) is 42.5 Å². The molecule has 0 spiro atoms. The smallest absolute Gasteiger partial charge is 0.255 e. The maximum atomic E-state index is 12.6. The predicted molar refractivity (Wildman–Crippen MR) is 102 cm³/mol. The summed E-state index contributed by atoms with van der Waals surface area (Å²) in [5.74, 6) is 1.29. The van der Waals surface area contributed by atoms with Crippen LogP contribution in [-0.4, -0.2) is 53.4 Å². The monoisotopic (exact) mass is 350 g/mol. The van der Waals surface area contributed by atoms with E-state index in [-0.39, 0.29) is 11.9 Å². The molecular weight excluding hydrogens is 324 g/mol. The van der Waals surface area contributed by atoms with Crippen molar-refractivity contribution in [3.63, 3.8) is 0 Å². The van der Waals surface area contributed by atoms with Gasteiger partial charge in [-0.2, -0.15) is 0 Å². The number of benzene rings is 1. The summed E-state index contributed by atoms with van der Waals surface area (Å²) in [6, 6.07) is 14.1. The highest BCUT2D eigenvalue weighted by molar-refractivity contribution is 5.94. The van der Waals surface area contributed by atoms with Crippen LogP contribution in [0.1, 0.15) is 28.4 Å². The van der Waals surface area contributed by atoms with Gasteiger partial charge in [-0.1, -0.05) is 30.3 Å². The Morgan fingerprint density at radius 3 is 2.46 bits per heavy atom. The second-order valence-electron chi connectivity index (χ2n) is 7.54. The van der Waals surface area contributed by atoms with E-state index in [4.69, 9.17) is 5.73 Å². The number of amides is 1. The predicted octanol–water partition coefficient (Wildman–Crippen LogP) is 2.18. The van der Waals surface area contributed by atoms with Crippen LogP contribution in [0.4, 0.5) is 0 Å². The first-order valence-corrected chi connectivity index (χ1v) is 9.43. The van der Waals surface area contributed by atoms with Crippen molar-refractivity contribution in [2.75, 3.05) is 32.7 Å². The Kier molecular flexibility index (Phi) is 5.00. The fourth-order valence-electron chi connectivity index (χ4n) is 4.30. The van der Waals surface area contributed by atoms with Gasteiger partial charge in [-0.3, -0.25) is 9.78 Å². The van der Waals surface area contributed by atoms with Crippen LogP contribution in [-0.2, 0) is 0 Å². The molecule has 2 aliphatic rings. The number of nitrogens with zero attached hydrogens (tertiary/aromatic N) is 3. The molecular formula is C21H26N4O. The second kappa shape index (κ2) is 7.56. The average molecular weight is 350 g/mol. The number of rotatable bonds is 5. The summed E-state index contributed by atoms with van der Waals surface area (Å²) in [5.41, 5.74) is 8.23. The first-order chi connectivity index (χ1) is 12.7. The molecule has 5 heteroatoms. The van der Waals surface area contributed by atoms with E-state index in [2.05, 4.69) is 22.0 Å². The third-order valence-electron chi connectivity index (χ3n) is 5.74. The quantitative estimate of drug-likeness (QED) is 0.898. The molecule has 2 N–H and O–H groups in total. The fraction of sp³-hybridized carbons (Fsp3) is 0.429. The van der Waals surface area contributed by atoms with Gasteiger partial charge in [0.15, 0.2) is 0 Å². The molecule has 2 unspecified atom stereocenters. The van der Waals surface area contributed by atoms with Gasteiger partial charge in [0.05, 0.1) is 5.56 Å². The minimum atomic E-state index is 0.0975. The van der Waals surface area contributed by atoms with Gasteiger partial charge >= 0.3 is 0 Å². The average Bonchev–Trinajstić information content (AvgIpc) is 3.25. The second-order valence-corrected chi connectivity index (χ2v) is 7.54. The van der Waals surface area contributed by atoms with E-state index in [1.165, 1.54) is 5.56 Å². The summed E-state index contributed by atoms with van der Waals surface area (Å²) >= 11 is 0. The number of fused-ring (bicyclic) bond motifs is 1. The lowest BCUT2D eigenvalue weighted by Gasteiger charge is -2.23. The van der Waals surface area contributed by atoms with Crippen molar-refractivity contribution < 1.29 is 4.79 Å². The van der Waals surface area contributed by atoms with E-state index in [9.17, 15) is 4.79 Å². The maximum Gasteiger partial charge on any atom is 0.255 e. The van der Waals surface area contributed by atoms with Crippen LogP contribution in [0.2, 0.25) is 0 Å². The Labute approximate surface area is 154 Å². The zero-order valence-electron chi connectivity index (χ0n) is 15.0. The number of hydrogen-bond acceptors (Lipinski definition) is 4. The van der Waals surface area contributed by atoms with Crippen LogP contribution in [0.25, 0.3) is 0 Å². The van der Waals surface area contributed by atoms with Crippen molar-refractivity contribution in [2.45, 2.75) is 12.5 Å². The highest BCUT2D eigenvalue weighted by Gasteiger charge is 2.41. The summed E-state index contributed by atoms with van der Waals surface area (Å²) < 4.78 is 0. The lowest BCUT2D eigenvalue weighted by Crippen LogP contribution is -2.34. The minimum absolute atomic E-state index is 0.0975. The van der Waals surface area contributed by atoms with E-state index < -0.39 is 0 Å². The highest BCUT2D eigenvalue weighted by Crippen LogP contribution is 2.32. The molecule has 4 rings (SSSR count). The third kappa shape index (κ3) is 3.64. The normalized spacial score (nSPS) is 23.8. The minimum Gasteiger partial charge on any atom is -0.338 e. The van der Waals surface area contributed by atoms with Gasteiger partial charge in [0.1, 0.15) is 0 Å². The van der Waals surface area contributed by atoms with Gasteiger partial charge in [0, 0.05) is 44.6 Å². The molecule has 0 saturated carbocycles. The van der Waals surface area contributed by atoms with Crippen LogP contribution < -0.4 is 5.73 Å². The maximum absolute atomic E-state index is 12.6. The van der Waals surface area contributed by atoms with Crippen LogP contribution in [0.3, 0.4) is 0 Å². The van der Waals surface area contributed by atoms with Crippen molar-refractivity contribution in [1.29, 1.82) is 0 Å². The van der Waals surface area contributed by atoms with Gasteiger partial charge < -0.3 is 15.5 Å². The number of carbonyl (C=O) groups is 1. The topological polar surface area (TPSA) is 62.5 Å². The molecule has 0 radical (unpaired) electrons. The van der Waals surface area contributed by atoms with E-state index in [1.54, 1.807) is 12.4 Å². The molecule has 3 heterocycles. The van der Waals surface area contributed by atoms with Gasteiger partial charge in [-0.25, -0.2) is 0 Å². The van der Waals surface area contributed by atoms with E-state index in [0.717, 1.165) is 39.1 Å². The summed E-state index contributed by atoms with van der Waals surface area (Å²) in [5, 5.41) is 0. The Bertz CT molecular complexity index is 722.